The van der Waals surface area contributed by atoms with E-state index in [1.165, 1.54) is 20.3 Å². The molecular weight excluding hydrogens is 344 g/mol. The van der Waals surface area contributed by atoms with E-state index in [9.17, 15) is 9.90 Å². The number of ether oxygens (including phenoxy) is 2. The van der Waals surface area contributed by atoms with Crippen molar-refractivity contribution >= 4 is 40.0 Å². The van der Waals surface area contributed by atoms with E-state index in [2.05, 4.69) is 10.3 Å². The van der Waals surface area contributed by atoms with Crippen molar-refractivity contribution in [2.24, 2.45) is 0 Å². The molecule has 0 saturated carbocycles. The third-order valence-electron chi connectivity index (χ3n) is 3.68. The Morgan fingerprint density at radius 1 is 1.16 bits per heavy atom. The summed E-state index contributed by atoms with van der Waals surface area (Å²) in [6.07, 6.45) is 0. The average molecular weight is 359 g/mol. The SMILES string of the molecule is COc1cc(Cl)c(Nc2cc(C(=O)O)c3ccccc3n2)c(OC)c1. The lowest BCUT2D eigenvalue weighted by Gasteiger charge is -2.15. The van der Waals surface area contributed by atoms with E-state index in [4.69, 9.17) is 21.1 Å². The van der Waals surface area contributed by atoms with Crippen molar-refractivity contribution in [1.82, 2.24) is 4.98 Å². The van der Waals surface area contributed by atoms with Crippen molar-refractivity contribution in [2.45, 2.75) is 0 Å². The summed E-state index contributed by atoms with van der Waals surface area (Å²) in [4.78, 5) is 16.0. The monoisotopic (exact) mass is 358 g/mol. The molecule has 0 aliphatic rings. The Balaban J connectivity index is 2.11. The van der Waals surface area contributed by atoms with Crippen LogP contribution < -0.4 is 14.8 Å². The highest BCUT2D eigenvalue weighted by molar-refractivity contribution is 6.34. The summed E-state index contributed by atoms with van der Waals surface area (Å²) >= 11 is 6.30. The highest BCUT2D eigenvalue weighted by Gasteiger charge is 2.15. The van der Waals surface area contributed by atoms with Gasteiger partial charge in [0.05, 0.1) is 30.3 Å². The number of fused-ring (bicyclic) bond motifs is 1. The normalized spacial score (nSPS) is 10.5. The van der Waals surface area contributed by atoms with Gasteiger partial charge in [0.1, 0.15) is 23.0 Å². The fraction of sp³-hybridized carbons (Fsp3) is 0.111. The Morgan fingerprint density at radius 3 is 2.60 bits per heavy atom. The van der Waals surface area contributed by atoms with Crippen LogP contribution in [0.1, 0.15) is 10.4 Å². The highest BCUT2D eigenvalue weighted by atomic mass is 35.5. The number of para-hydroxylation sites is 1. The molecule has 6 nitrogen and oxygen atoms in total. The Morgan fingerprint density at radius 2 is 1.92 bits per heavy atom. The van der Waals surface area contributed by atoms with E-state index in [-0.39, 0.29) is 5.56 Å². The first-order valence-electron chi connectivity index (χ1n) is 7.35. The van der Waals surface area contributed by atoms with Crippen LogP contribution in [0.5, 0.6) is 11.5 Å². The van der Waals surface area contributed by atoms with E-state index < -0.39 is 5.97 Å². The van der Waals surface area contributed by atoms with Gasteiger partial charge in [-0.2, -0.15) is 0 Å². The number of methoxy groups -OCH3 is 2. The molecule has 25 heavy (non-hydrogen) atoms. The molecular formula is C18H15ClN2O4. The van der Waals surface area contributed by atoms with E-state index in [1.807, 2.05) is 0 Å². The van der Waals surface area contributed by atoms with Crippen LogP contribution >= 0.6 is 11.6 Å². The number of nitrogens with zero attached hydrogens (tertiary/aromatic N) is 1. The number of aromatic nitrogens is 1. The zero-order chi connectivity index (χ0) is 18.0. The molecule has 0 radical (unpaired) electrons. The van der Waals surface area contributed by atoms with Crippen molar-refractivity contribution in [3.05, 3.63) is 53.1 Å². The fourth-order valence-electron chi connectivity index (χ4n) is 2.50. The quantitative estimate of drug-likeness (QED) is 0.705. The summed E-state index contributed by atoms with van der Waals surface area (Å²) in [7, 11) is 3.04. The maximum atomic E-state index is 11.6. The van der Waals surface area contributed by atoms with Crippen LogP contribution in [0.25, 0.3) is 10.9 Å². The molecule has 0 unspecified atom stereocenters. The number of hydrogen-bond donors (Lipinski definition) is 2. The van der Waals surface area contributed by atoms with Crippen LogP contribution in [0.2, 0.25) is 5.02 Å². The molecule has 2 aromatic carbocycles. The first-order valence-corrected chi connectivity index (χ1v) is 7.73. The van der Waals surface area contributed by atoms with Crippen LogP contribution in [0.15, 0.2) is 42.5 Å². The third-order valence-corrected chi connectivity index (χ3v) is 3.98. The molecule has 0 bridgehead atoms. The zero-order valence-corrected chi connectivity index (χ0v) is 14.3. The standard InChI is InChI=1S/C18H15ClN2O4/c1-24-10-7-13(19)17(15(8-10)25-2)21-16-9-12(18(22)23)11-5-3-4-6-14(11)20-16/h3-9H,1-2H3,(H,20,21)(H,22,23). The molecule has 1 heterocycles. The Bertz CT molecular complexity index is 959. The van der Waals surface area contributed by atoms with Crippen molar-refractivity contribution in [2.75, 3.05) is 19.5 Å². The second kappa shape index (κ2) is 6.86. The van der Waals surface area contributed by atoms with Gasteiger partial charge in [0.15, 0.2) is 0 Å². The lowest BCUT2D eigenvalue weighted by molar-refractivity contribution is 0.0699. The van der Waals surface area contributed by atoms with Crippen molar-refractivity contribution < 1.29 is 19.4 Å². The number of benzene rings is 2. The Labute approximate surface area is 149 Å². The van der Waals surface area contributed by atoms with Gasteiger partial charge in [0, 0.05) is 17.5 Å². The van der Waals surface area contributed by atoms with Crippen LogP contribution in [0.3, 0.4) is 0 Å². The summed E-state index contributed by atoms with van der Waals surface area (Å²) in [5.41, 5.74) is 1.19. The lowest BCUT2D eigenvalue weighted by Crippen LogP contribution is -2.03. The molecule has 0 spiro atoms. The van der Waals surface area contributed by atoms with Crippen molar-refractivity contribution in [3.63, 3.8) is 0 Å². The molecule has 1 aromatic heterocycles. The number of halogens is 1. The maximum absolute atomic E-state index is 11.6. The van der Waals surface area contributed by atoms with Crippen LogP contribution in [0.4, 0.5) is 11.5 Å². The topological polar surface area (TPSA) is 80.7 Å². The maximum Gasteiger partial charge on any atom is 0.336 e. The van der Waals surface area contributed by atoms with Gasteiger partial charge in [-0.1, -0.05) is 29.8 Å². The third kappa shape index (κ3) is 3.29. The van der Waals surface area contributed by atoms with E-state index in [0.29, 0.717) is 38.9 Å². The number of carbonyl (C=O) groups is 1. The molecule has 0 aliphatic heterocycles. The summed E-state index contributed by atoms with van der Waals surface area (Å²) in [5, 5.41) is 13.4. The molecule has 0 saturated heterocycles. The number of hydrogen-bond acceptors (Lipinski definition) is 5. The van der Waals surface area contributed by atoms with E-state index in [1.54, 1.807) is 36.4 Å². The van der Waals surface area contributed by atoms with Crippen LogP contribution in [0, 0.1) is 0 Å². The molecule has 7 heteroatoms. The highest BCUT2D eigenvalue weighted by Crippen LogP contribution is 2.38. The molecule has 0 amide bonds. The molecule has 3 rings (SSSR count). The summed E-state index contributed by atoms with van der Waals surface area (Å²) in [6, 6.07) is 11.8. The van der Waals surface area contributed by atoms with E-state index in [0.717, 1.165) is 0 Å². The van der Waals surface area contributed by atoms with Crippen LogP contribution in [-0.2, 0) is 0 Å². The van der Waals surface area contributed by atoms with Gasteiger partial charge in [-0.15, -0.1) is 0 Å². The number of carboxylic acids is 1. The largest absolute Gasteiger partial charge is 0.497 e. The molecule has 3 aromatic rings. The van der Waals surface area contributed by atoms with Gasteiger partial charge in [0.25, 0.3) is 0 Å². The van der Waals surface area contributed by atoms with Gasteiger partial charge in [0.2, 0.25) is 0 Å². The average Bonchev–Trinajstić information content (AvgIpc) is 2.62. The van der Waals surface area contributed by atoms with Crippen molar-refractivity contribution in [1.29, 1.82) is 0 Å². The minimum absolute atomic E-state index is 0.150. The smallest absolute Gasteiger partial charge is 0.336 e. The number of anilines is 2. The lowest BCUT2D eigenvalue weighted by atomic mass is 10.1. The van der Waals surface area contributed by atoms with Gasteiger partial charge in [-0.05, 0) is 12.1 Å². The number of aromatic carboxylic acids is 1. The van der Waals surface area contributed by atoms with Crippen LogP contribution in [-0.4, -0.2) is 30.3 Å². The molecule has 128 valence electrons. The molecule has 0 aliphatic carbocycles. The predicted octanol–water partition coefficient (Wildman–Crippen LogP) is 4.35. The Hall–Kier alpha value is -2.99. The fourth-order valence-corrected chi connectivity index (χ4v) is 2.75. The molecule has 2 N–H and O–H groups in total. The summed E-state index contributed by atoms with van der Waals surface area (Å²) in [6.45, 7) is 0. The second-order valence-electron chi connectivity index (χ2n) is 5.19. The zero-order valence-electron chi connectivity index (χ0n) is 13.5. The molecule has 0 atom stereocenters. The van der Waals surface area contributed by atoms with Gasteiger partial charge in [-0.25, -0.2) is 9.78 Å². The number of carboxylic acid groups (broad SMARTS) is 1. The first kappa shape index (κ1) is 16.9. The summed E-state index contributed by atoms with van der Waals surface area (Å²) in [5.74, 6) is 0.317. The van der Waals surface area contributed by atoms with Gasteiger partial charge < -0.3 is 19.9 Å². The van der Waals surface area contributed by atoms with Gasteiger partial charge >= 0.3 is 5.97 Å². The number of nitrogens with one attached hydrogen (secondary N) is 1. The van der Waals surface area contributed by atoms with E-state index >= 15 is 0 Å². The van der Waals surface area contributed by atoms with Crippen molar-refractivity contribution in [3.8, 4) is 11.5 Å². The number of pyridine rings is 1. The minimum Gasteiger partial charge on any atom is -0.497 e. The summed E-state index contributed by atoms with van der Waals surface area (Å²) < 4.78 is 10.5. The first-order chi connectivity index (χ1) is 12.0. The Kier molecular flexibility index (Phi) is 4.63. The molecule has 0 fully saturated rings. The van der Waals surface area contributed by atoms with Gasteiger partial charge in [-0.3, -0.25) is 0 Å². The minimum atomic E-state index is -1.03. The predicted molar refractivity (Wildman–Crippen MR) is 96.5 cm³/mol. The number of rotatable bonds is 5. The second-order valence-corrected chi connectivity index (χ2v) is 5.60.